The Morgan fingerprint density at radius 3 is 2.79 bits per heavy atom. The van der Waals surface area contributed by atoms with Crippen LogP contribution in [0.5, 0.6) is 5.75 Å². The van der Waals surface area contributed by atoms with Crippen LogP contribution in [0, 0.1) is 0 Å². The molecule has 0 saturated heterocycles. The van der Waals surface area contributed by atoms with E-state index in [0.717, 1.165) is 11.3 Å². The number of rotatable bonds is 1. The fourth-order valence-corrected chi connectivity index (χ4v) is 0.932. The number of fused-ring (bicyclic) bond motifs is 1. The van der Waals surface area contributed by atoms with Crippen LogP contribution in [0.2, 0.25) is 0 Å². The van der Waals surface area contributed by atoms with Gasteiger partial charge >= 0.3 is 0 Å². The predicted octanol–water partition coefficient (Wildman–Crippen LogP) is 1.69. The molecule has 0 bridgehead atoms. The molecule has 0 unspecified atom stereocenters. The molecule has 2 rings (SSSR count). The molecule has 0 spiro atoms. The third-order valence-electron chi connectivity index (χ3n) is 1.59. The Balaban J connectivity index is 0.000000213. The summed E-state index contributed by atoms with van der Waals surface area (Å²) < 4.78 is 0. The zero-order valence-electron chi connectivity index (χ0n) is 7.94. The van der Waals surface area contributed by atoms with Gasteiger partial charge < -0.3 is 10.6 Å². The van der Waals surface area contributed by atoms with Crippen LogP contribution in [0.25, 0.3) is 6.08 Å². The first kappa shape index (κ1) is 10.3. The minimum absolute atomic E-state index is 0.583. The molecule has 1 heterocycles. The van der Waals surface area contributed by atoms with E-state index < -0.39 is 0 Å². The highest BCUT2D eigenvalue weighted by atomic mass is 16.6. The number of nitrogens with two attached hydrogens (primary N) is 1. The molecule has 0 atom stereocenters. The van der Waals surface area contributed by atoms with Gasteiger partial charge in [-0.3, -0.25) is 0 Å². The van der Waals surface area contributed by atoms with E-state index >= 15 is 0 Å². The van der Waals surface area contributed by atoms with Crippen LogP contribution < -0.4 is 16.1 Å². The normalized spacial score (nSPS) is 11.2. The number of hydrogen-bond donors (Lipinski definition) is 2. The van der Waals surface area contributed by atoms with Crippen LogP contribution in [-0.4, -0.2) is 6.54 Å². The van der Waals surface area contributed by atoms with Crippen molar-refractivity contribution in [3.8, 4) is 5.75 Å². The summed E-state index contributed by atoms with van der Waals surface area (Å²) in [6.45, 7) is 3.94. The van der Waals surface area contributed by atoms with Crippen molar-refractivity contribution < 1.29 is 4.84 Å². The Morgan fingerprint density at radius 1 is 1.43 bits per heavy atom. The average Bonchev–Trinajstić information content (AvgIpc) is 2.30. The van der Waals surface area contributed by atoms with E-state index in [1.807, 2.05) is 30.3 Å². The largest absolute Gasteiger partial charge is 0.382 e. The molecule has 0 saturated carbocycles. The molecule has 74 valence electrons. The maximum Gasteiger partial charge on any atom is 0.162 e. The molecule has 1 aliphatic rings. The Kier molecular flexibility index (Phi) is 4.31. The van der Waals surface area contributed by atoms with E-state index in [4.69, 9.17) is 10.6 Å². The molecule has 1 aromatic rings. The highest BCUT2D eigenvalue weighted by Gasteiger charge is 2.01. The summed E-state index contributed by atoms with van der Waals surface area (Å²) in [5.41, 5.74) is 8.68. The summed E-state index contributed by atoms with van der Waals surface area (Å²) in [5, 5.41) is 0. The lowest BCUT2D eigenvalue weighted by Gasteiger charge is -2.11. The molecule has 0 aliphatic carbocycles. The van der Waals surface area contributed by atoms with Crippen molar-refractivity contribution >= 4 is 6.08 Å². The molecule has 1 aromatic carbocycles. The second-order valence-electron chi connectivity index (χ2n) is 2.62. The zero-order chi connectivity index (χ0) is 10.2. The summed E-state index contributed by atoms with van der Waals surface area (Å²) in [6.07, 6.45) is 5.39. The lowest BCUT2D eigenvalue weighted by atomic mass is 10.2. The number of benzene rings is 1. The minimum Gasteiger partial charge on any atom is -0.382 e. The number of hydrogen-bond acceptors (Lipinski definition) is 3. The average molecular weight is 190 g/mol. The molecular weight excluding hydrogens is 176 g/mol. The zero-order valence-corrected chi connectivity index (χ0v) is 7.94. The molecule has 14 heavy (non-hydrogen) atoms. The molecule has 0 radical (unpaired) electrons. The standard InChI is InChI=1S/C8H7NO.C3H7N/c1-2-4-8-7(3-1)5-6-9-10-8;1-2-3-4/h1-6,9H;2H,1,3-4H2. The van der Waals surface area contributed by atoms with Gasteiger partial charge in [-0.2, -0.15) is 0 Å². The minimum atomic E-state index is 0.583. The van der Waals surface area contributed by atoms with Crippen LogP contribution in [-0.2, 0) is 0 Å². The van der Waals surface area contributed by atoms with Crippen molar-refractivity contribution in [1.29, 1.82) is 0 Å². The first-order valence-corrected chi connectivity index (χ1v) is 4.37. The third-order valence-corrected chi connectivity index (χ3v) is 1.59. The Bertz CT molecular complexity index is 321. The lowest BCUT2D eigenvalue weighted by molar-refractivity contribution is 0.239. The maximum atomic E-state index is 5.09. The van der Waals surface area contributed by atoms with E-state index in [1.54, 1.807) is 12.3 Å². The van der Waals surface area contributed by atoms with E-state index in [-0.39, 0.29) is 0 Å². The van der Waals surface area contributed by atoms with Crippen molar-refractivity contribution in [1.82, 2.24) is 5.48 Å². The van der Waals surface area contributed by atoms with Gasteiger partial charge in [0, 0.05) is 18.3 Å². The van der Waals surface area contributed by atoms with Crippen molar-refractivity contribution in [3.63, 3.8) is 0 Å². The van der Waals surface area contributed by atoms with Gasteiger partial charge in [-0.25, -0.2) is 5.48 Å². The second kappa shape index (κ2) is 5.83. The van der Waals surface area contributed by atoms with Crippen molar-refractivity contribution in [2.45, 2.75) is 0 Å². The first-order valence-electron chi connectivity index (χ1n) is 4.37. The van der Waals surface area contributed by atoms with Gasteiger partial charge in [0.2, 0.25) is 0 Å². The van der Waals surface area contributed by atoms with Gasteiger partial charge in [0.1, 0.15) is 0 Å². The van der Waals surface area contributed by atoms with Crippen LogP contribution in [0.3, 0.4) is 0 Å². The van der Waals surface area contributed by atoms with E-state index in [1.165, 1.54) is 0 Å². The fraction of sp³-hybridized carbons (Fsp3) is 0.0909. The van der Waals surface area contributed by atoms with Gasteiger partial charge in [0.05, 0.1) is 0 Å². The van der Waals surface area contributed by atoms with E-state index in [2.05, 4.69) is 12.1 Å². The summed E-state index contributed by atoms with van der Waals surface area (Å²) in [7, 11) is 0. The third kappa shape index (κ3) is 2.95. The summed E-state index contributed by atoms with van der Waals surface area (Å²) in [5.74, 6) is 0.880. The summed E-state index contributed by atoms with van der Waals surface area (Å²) >= 11 is 0. The van der Waals surface area contributed by atoms with Crippen molar-refractivity contribution in [3.05, 3.63) is 48.7 Å². The van der Waals surface area contributed by atoms with E-state index in [9.17, 15) is 0 Å². The highest BCUT2D eigenvalue weighted by molar-refractivity contribution is 5.57. The molecule has 0 fully saturated rings. The first-order chi connectivity index (χ1) is 6.88. The molecule has 0 amide bonds. The predicted molar refractivity (Wildman–Crippen MR) is 58.5 cm³/mol. The SMILES string of the molecule is C1=Cc2ccccc2ON1.C=CCN. The van der Waals surface area contributed by atoms with Crippen LogP contribution in [0.4, 0.5) is 0 Å². The molecule has 1 aliphatic heterocycles. The molecule has 3 heteroatoms. The van der Waals surface area contributed by atoms with Crippen LogP contribution in [0.1, 0.15) is 5.56 Å². The summed E-state index contributed by atoms with van der Waals surface area (Å²) in [4.78, 5) is 5.09. The smallest absolute Gasteiger partial charge is 0.162 e. The highest BCUT2D eigenvalue weighted by Crippen LogP contribution is 2.20. The molecule has 3 N–H and O–H groups in total. The van der Waals surface area contributed by atoms with Gasteiger partial charge in [0.25, 0.3) is 0 Å². The van der Waals surface area contributed by atoms with Gasteiger partial charge in [-0.05, 0) is 12.1 Å². The summed E-state index contributed by atoms with van der Waals surface area (Å²) in [6, 6.07) is 7.86. The number of hydroxylamine groups is 1. The molecule has 0 aromatic heterocycles. The lowest BCUT2D eigenvalue weighted by Crippen LogP contribution is -2.13. The quantitative estimate of drug-likeness (QED) is 0.662. The van der Waals surface area contributed by atoms with Crippen LogP contribution in [0.15, 0.2) is 43.1 Å². The monoisotopic (exact) mass is 190 g/mol. The van der Waals surface area contributed by atoms with Crippen LogP contribution >= 0.6 is 0 Å². The Labute approximate surface area is 83.8 Å². The second-order valence-corrected chi connectivity index (χ2v) is 2.62. The molecular formula is C11H14N2O. The Morgan fingerprint density at radius 2 is 2.14 bits per heavy atom. The molecule has 3 nitrogen and oxygen atoms in total. The topological polar surface area (TPSA) is 47.3 Å². The van der Waals surface area contributed by atoms with Crippen molar-refractivity contribution in [2.75, 3.05) is 6.54 Å². The number of nitrogens with one attached hydrogen (secondary N) is 1. The fourth-order valence-electron chi connectivity index (χ4n) is 0.932. The Hall–Kier alpha value is -1.74. The van der Waals surface area contributed by atoms with E-state index in [0.29, 0.717) is 6.54 Å². The van der Waals surface area contributed by atoms with Gasteiger partial charge in [0.15, 0.2) is 5.75 Å². The van der Waals surface area contributed by atoms with Crippen molar-refractivity contribution in [2.24, 2.45) is 5.73 Å². The number of para-hydroxylation sites is 1. The van der Waals surface area contributed by atoms with Gasteiger partial charge in [-0.1, -0.05) is 24.3 Å². The maximum absolute atomic E-state index is 5.09. The van der Waals surface area contributed by atoms with Gasteiger partial charge in [-0.15, -0.1) is 6.58 Å².